The molecule has 0 saturated carbocycles. The normalized spacial score (nSPS) is 18.1. The largest absolute Gasteiger partial charge is 0.416 e. The molecule has 2 aliphatic rings. The van der Waals surface area contributed by atoms with Gasteiger partial charge in [0.05, 0.1) is 11.6 Å². The molecule has 0 bridgehead atoms. The van der Waals surface area contributed by atoms with Crippen molar-refractivity contribution in [3.63, 3.8) is 0 Å². The van der Waals surface area contributed by atoms with Crippen LogP contribution in [0.3, 0.4) is 0 Å². The SMILES string of the molecule is C=CC(c1ccccc1C(F)(F)F)S(=O)(=O)N(C)C1CCc2ccc(C(=O)N(C)C3CCN(c4cc(C)nc(C)c4)CC3)cc21. The number of pyridine rings is 1. The summed E-state index contributed by atoms with van der Waals surface area (Å²) in [7, 11) is -1.11. The van der Waals surface area contributed by atoms with Crippen molar-refractivity contribution in [3.8, 4) is 0 Å². The van der Waals surface area contributed by atoms with Crippen molar-refractivity contribution in [2.24, 2.45) is 0 Å². The van der Waals surface area contributed by atoms with Gasteiger partial charge in [-0.25, -0.2) is 8.42 Å². The summed E-state index contributed by atoms with van der Waals surface area (Å²) in [5, 5.41) is -1.59. The molecule has 0 radical (unpaired) electrons. The number of alkyl halides is 3. The lowest BCUT2D eigenvalue weighted by Gasteiger charge is -2.38. The summed E-state index contributed by atoms with van der Waals surface area (Å²) < 4.78 is 70.2. The maximum Gasteiger partial charge on any atom is 0.416 e. The van der Waals surface area contributed by atoms with Gasteiger partial charge in [-0.2, -0.15) is 17.5 Å². The molecule has 1 aliphatic carbocycles. The van der Waals surface area contributed by atoms with Crippen LogP contribution in [0.25, 0.3) is 0 Å². The van der Waals surface area contributed by atoms with Crippen LogP contribution < -0.4 is 4.90 Å². The van der Waals surface area contributed by atoms with E-state index in [2.05, 4.69) is 28.6 Å². The van der Waals surface area contributed by atoms with Gasteiger partial charge in [0.15, 0.2) is 0 Å². The molecule has 2 aromatic carbocycles. The minimum atomic E-state index is -4.72. The molecule has 0 N–H and O–H groups in total. The maximum atomic E-state index is 13.8. The highest BCUT2D eigenvalue weighted by Crippen LogP contribution is 2.43. The second-order valence-corrected chi connectivity index (χ2v) is 14.1. The molecule has 1 saturated heterocycles. The van der Waals surface area contributed by atoms with Crippen LogP contribution in [0.5, 0.6) is 0 Å². The smallest absolute Gasteiger partial charge is 0.371 e. The minimum Gasteiger partial charge on any atom is -0.371 e. The summed E-state index contributed by atoms with van der Waals surface area (Å²) in [4.78, 5) is 22.2. The summed E-state index contributed by atoms with van der Waals surface area (Å²) in [5.74, 6) is -0.147. The van der Waals surface area contributed by atoms with Crippen LogP contribution in [0.15, 0.2) is 67.3 Å². The van der Waals surface area contributed by atoms with E-state index in [1.54, 1.807) is 24.1 Å². The van der Waals surface area contributed by atoms with Crippen molar-refractivity contribution in [2.45, 2.75) is 63.0 Å². The van der Waals surface area contributed by atoms with E-state index < -0.39 is 33.1 Å². The Balaban J connectivity index is 1.33. The third-order valence-electron chi connectivity index (χ3n) is 9.15. The van der Waals surface area contributed by atoms with Gasteiger partial charge in [-0.1, -0.05) is 30.3 Å². The second kappa shape index (κ2) is 12.6. The number of hydrogen-bond acceptors (Lipinski definition) is 5. The monoisotopic (exact) mass is 640 g/mol. The first-order valence-electron chi connectivity index (χ1n) is 15.1. The van der Waals surface area contributed by atoms with Gasteiger partial charge in [-0.3, -0.25) is 9.78 Å². The number of hydrogen-bond donors (Lipinski definition) is 0. The van der Waals surface area contributed by atoms with Crippen molar-refractivity contribution >= 4 is 21.6 Å². The number of carbonyl (C=O) groups excluding carboxylic acids is 1. The summed E-state index contributed by atoms with van der Waals surface area (Å²) in [6.07, 6.45) is -1.02. The standard InChI is InChI=1S/C34H39F3N4O3S/c1-6-32(28-9-7-8-10-30(28)34(35,36)37)45(43,44)40(5)31-14-13-24-11-12-25(21-29(24)31)33(42)39(4)26-15-17-41(18-16-26)27-19-22(2)38-23(3)20-27/h6-12,19-21,26,31-32H,1,13-18H2,2-5H3. The Kier molecular flexibility index (Phi) is 9.15. The number of sulfonamides is 1. The number of halogens is 3. The molecule has 3 aromatic rings. The van der Waals surface area contributed by atoms with Crippen molar-refractivity contribution in [1.29, 1.82) is 0 Å². The number of benzene rings is 2. The number of fused-ring (bicyclic) bond motifs is 1. The second-order valence-electron chi connectivity index (χ2n) is 12.0. The van der Waals surface area contributed by atoms with Crippen molar-refractivity contribution in [3.05, 3.63) is 106 Å². The van der Waals surface area contributed by atoms with E-state index in [1.807, 2.05) is 19.9 Å². The zero-order valence-electron chi connectivity index (χ0n) is 26.0. The van der Waals surface area contributed by atoms with Crippen LogP contribution in [0, 0.1) is 13.8 Å². The molecule has 11 heteroatoms. The number of aryl methyl sites for hydroxylation is 3. The first-order valence-corrected chi connectivity index (χ1v) is 16.6. The average molecular weight is 641 g/mol. The lowest BCUT2D eigenvalue weighted by molar-refractivity contribution is -0.138. The highest BCUT2D eigenvalue weighted by molar-refractivity contribution is 7.89. The van der Waals surface area contributed by atoms with Crippen LogP contribution in [-0.2, 0) is 22.6 Å². The molecule has 1 aromatic heterocycles. The molecule has 240 valence electrons. The number of rotatable bonds is 8. The van der Waals surface area contributed by atoms with E-state index in [1.165, 1.54) is 25.2 Å². The summed E-state index contributed by atoms with van der Waals surface area (Å²) in [6, 6.07) is 13.6. The molecule has 2 atom stereocenters. The number of amides is 1. The number of anilines is 1. The molecule has 2 heterocycles. The number of nitrogens with zero attached hydrogens (tertiary/aromatic N) is 4. The van der Waals surface area contributed by atoms with Crippen LogP contribution in [0.2, 0.25) is 0 Å². The van der Waals surface area contributed by atoms with Gasteiger partial charge in [-0.05, 0) is 86.6 Å². The van der Waals surface area contributed by atoms with Gasteiger partial charge in [0.2, 0.25) is 10.0 Å². The van der Waals surface area contributed by atoms with Crippen LogP contribution in [-0.4, -0.2) is 61.7 Å². The summed E-state index contributed by atoms with van der Waals surface area (Å²) >= 11 is 0. The van der Waals surface area contributed by atoms with Gasteiger partial charge in [0.25, 0.3) is 5.91 Å². The number of aromatic nitrogens is 1. The maximum absolute atomic E-state index is 13.8. The lowest BCUT2D eigenvalue weighted by Crippen LogP contribution is -2.45. The Labute approximate surface area is 263 Å². The van der Waals surface area contributed by atoms with E-state index in [0.29, 0.717) is 24.0 Å². The Morgan fingerprint density at radius 2 is 1.67 bits per heavy atom. The van der Waals surface area contributed by atoms with E-state index in [0.717, 1.165) is 65.0 Å². The summed E-state index contributed by atoms with van der Waals surface area (Å²) in [5.41, 5.74) is 3.78. The summed E-state index contributed by atoms with van der Waals surface area (Å²) in [6.45, 7) is 9.16. The van der Waals surface area contributed by atoms with Crippen molar-refractivity contribution in [2.75, 3.05) is 32.1 Å². The number of piperidine rings is 1. The molecule has 2 unspecified atom stereocenters. The Bertz CT molecular complexity index is 1680. The Morgan fingerprint density at radius 1 is 1.02 bits per heavy atom. The van der Waals surface area contributed by atoms with Gasteiger partial charge >= 0.3 is 6.18 Å². The fourth-order valence-corrected chi connectivity index (χ4v) is 8.44. The third kappa shape index (κ3) is 6.51. The molecule has 0 spiro atoms. The average Bonchev–Trinajstić information content (AvgIpc) is 3.42. The van der Waals surface area contributed by atoms with Crippen molar-refractivity contribution in [1.82, 2.24) is 14.2 Å². The molecule has 5 rings (SSSR count). The molecular formula is C34H39F3N4O3S. The third-order valence-corrected chi connectivity index (χ3v) is 11.3. The van der Waals surface area contributed by atoms with Gasteiger partial charge in [0, 0.05) is 55.9 Å². The molecular weight excluding hydrogens is 601 g/mol. The Hall–Kier alpha value is -3.70. The molecule has 1 aliphatic heterocycles. The quantitative estimate of drug-likeness (QED) is 0.259. The highest BCUT2D eigenvalue weighted by atomic mass is 32.2. The van der Waals surface area contributed by atoms with Gasteiger partial charge in [-0.15, -0.1) is 6.58 Å². The van der Waals surface area contributed by atoms with Crippen LogP contribution in [0.1, 0.15) is 74.6 Å². The molecule has 1 amide bonds. The predicted molar refractivity (Wildman–Crippen MR) is 170 cm³/mol. The topological polar surface area (TPSA) is 73.8 Å². The van der Waals surface area contributed by atoms with Crippen molar-refractivity contribution < 1.29 is 26.4 Å². The highest BCUT2D eigenvalue weighted by Gasteiger charge is 2.42. The van der Waals surface area contributed by atoms with E-state index >= 15 is 0 Å². The Morgan fingerprint density at radius 3 is 2.29 bits per heavy atom. The fraction of sp³-hybridized carbons (Fsp3) is 0.412. The van der Waals surface area contributed by atoms with E-state index in [9.17, 15) is 26.4 Å². The fourth-order valence-electron chi connectivity index (χ4n) is 6.74. The molecule has 45 heavy (non-hydrogen) atoms. The van der Waals surface area contributed by atoms with E-state index in [4.69, 9.17) is 0 Å². The van der Waals surface area contributed by atoms with Crippen LogP contribution in [0.4, 0.5) is 18.9 Å². The van der Waals surface area contributed by atoms with Gasteiger partial charge in [0.1, 0.15) is 5.25 Å². The first-order chi connectivity index (χ1) is 21.2. The zero-order chi connectivity index (χ0) is 32.7. The minimum absolute atomic E-state index is 0.0481. The van der Waals surface area contributed by atoms with Crippen LogP contribution >= 0.6 is 0 Å². The lowest BCUT2D eigenvalue weighted by atomic mass is 10.00. The predicted octanol–water partition coefficient (Wildman–Crippen LogP) is 6.63. The van der Waals surface area contributed by atoms with E-state index in [-0.39, 0.29) is 17.5 Å². The molecule has 7 nitrogen and oxygen atoms in total. The molecule has 1 fully saturated rings. The first kappa shape index (κ1) is 32.7. The zero-order valence-corrected chi connectivity index (χ0v) is 26.8. The number of carbonyl (C=O) groups is 1. The van der Waals surface area contributed by atoms with Gasteiger partial charge < -0.3 is 9.80 Å².